The van der Waals surface area contributed by atoms with Crippen molar-refractivity contribution in [3.05, 3.63) is 30.3 Å². The fourth-order valence-electron chi connectivity index (χ4n) is 2.12. The minimum absolute atomic E-state index is 0.0388. The van der Waals surface area contributed by atoms with Gasteiger partial charge in [0.1, 0.15) is 11.9 Å². The maximum absolute atomic E-state index is 10.6. The minimum Gasteiger partial charge on any atom is -0.490 e. The van der Waals surface area contributed by atoms with Crippen LogP contribution in [0.5, 0.6) is 5.75 Å². The molecule has 17 heavy (non-hydrogen) atoms. The van der Waals surface area contributed by atoms with Gasteiger partial charge in [0.15, 0.2) is 0 Å². The van der Waals surface area contributed by atoms with Crippen LogP contribution in [0.3, 0.4) is 0 Å². The first-order chi connectivity index (χ1) is 8.24. The summed E-state index contributed by atoms with van der Waals surface area (Å²) in [5.41, 5.74) is 4.99. The normalized spacial score (nSPS) is 24.0. The summed E-state index contributed by atoms with van der Waals surface area (Å²) in [6.45, 7) is 0. The molecule has 0 aliphatic heterocycles. The minimum atomic E-state index is -0.683. The molecule has 0 saturated heterocycles. The zero-order chi connectivity index (χ0) is 12.1. The number of ether oxygens (including phenoxy) is 2. The highest BCUT2D eigenvalue weighted by Crippen LogP contribution is 2.25. The van der Waals surface area contributed by atoms with E-state index in [1.807, 2.05) is 30.3 Å². The van der Waals surface area contributed by atoms with Crippen LogP contribution in [0.2, 0.25) is 0 Å². The Labute approximate surface area is 101 Å². The van der Waals surface area contributed by atoms with Crippen LogP contribution >= 0.6 is 0 Å². The number of primary amides is 1. The van der Waals surface area contributed by atoms with Gasteiger partial charge in [-0.15, -0.1) is 0 Å². The molecule has 0 aromatic heterocycles. The summed E-state index contributed by atoms with van der Waals surface area (Å²) in [6, 6.07) is 9.77. The molecule has 0 atom stereocenters. The number of benzene rings is 1. The van der Waals surface area contributed by atoms with Gasteiger partial charge in [0, 0.05) is 0 Å². The van der Waals surface area contributed by atoms with Crippen molar-refractivity contribution in [1.82, 2.24) is 0 Å². The van der Waals surface area contributed by atoms with Gasteiger partial charge in [-0.2, -0.15) is 0 Å². The Bertz CT molecular complexity index is 358. The van der Waals surface area contributed by atoms with Crippen molar-refractivity contribution in [2.45, 2.75) is 37.9 Å². The second-order valence-corrected chi connectivity index (χ2v) is 4.27. The Morgan fingerprint density at radius 3 is 2.24 bits per heavy atom. The SMILES string of the molecule is NC(=O)O[C@H]1CC[C@@H](Oc2ccccc2)CC1. The number of rotatable bonds is 3. The number of hydrogen-bond acceptors (Lipinski definition) is 3. The Morgan fingerprint density at radius 2 is 1.65 bits per heavy atom. The monoisotopic (exact) mass is 235 g/mol. The van der Waals surface area contributed by atoms with E-state index >= 15 is 0 Å². The highest BCUT2D eigenvalue weighted by Gasteiger charge is 2.24. The topological polar surface area (TPSA) is 61.6 Å². The zero-order valence-corrected chi connectivity index (χ0v) is 9.67. The van der Waals surface area contributed by atoms with Crippen molar-refractivity contribution in [1.29, 1.82) is 0 Å². The van der Waals surface area contributed by atoms with Gasteiger partial charge in [-0.25, -0.2) is 4.79 Å². The molecule has 1 aliphatic rings. The molecule has 4 nitrogen and oxygen atoms in total. The Balaban J connectivity index is 1.78. The lowest BCUT2D eigenvalue weighted by Gasteiger charge is -2.28. The lowest BCUT2D eigenvalue weighted by molar-refractivity contribution is 0.0470. The summed E-state index contributed by atoms with van der Waals surface area (Å²) < 4.78 is 10.8. The molecule has 4 heteroatoms. The van der Waals surface area contributed by atoms with Gasteiger partial charge in [-0.1, -0.05) is 18.2 Å². The number of nitrogens with two attached hydrogens (primary N) is 1. The molecule has 0 heterocycles. The lowest BCUT2D eigenvalue weighted by atomic mass is 9.95. The van der Waals surface area contributed by atoms with Crippen molar-refractivity contribution >= 4 is 6.09 Å². The number of hydrogen-bond donors (Lipinski definition) is 1. The Morgan fingerprint density at radius 1 is 1.06 bits per heavy atom. The third-order valence-electron chi connectivity index (χ3n) is 2.95. The first kappa shape index (κ1) is 11.8. The summed E-state index contributed by atoms with van der Waals surface area (Å²) in [5, 5.41) is 0. The van der Waals surface area contributed by atoms with Crippen LogP contribution in [0.15, 0.2) is 30.3 Å². The summed E-state index contributed by atoms with van der Waals surface area (Å²) in [6.07, 6.45) is 2.92. The summed E-state index contributed by atoms with van der Waals surface area (Å²) in [4.78, 5) is 10.6. The van der Waals surface area contributed by atoms with E-state index in [-0.39, 0.29) is 12.2 Å². The van der Waals surface area contributed by atoms with Crippen molar-refractivity contribution in [3.8, 4) is 5.75 Å². The molecule has 1 amide bonds. The van der Waals surface area contributed by atoms with Crippen LogP contribution in [-0.2, 0) is 4.74 Å². The van der Waals surface area contributed by atoms with Crippen LogP contribution in [-0.4, -0.2) is 18.3 Å². The highest BCUT2D eigenvalue weighted by atomic mass is 16.6. The maximum Gasteiger partial charge on any atom is 0.404 e. The first-order valence-electron chi connectivity index (χ1n) is 5.92. The summed E-state index contributed by atoms with van der Waals surface area (Å²) in [7, 11) is 0. The van der Waals surface area contributed by atoms with E-state index in [0.29, 0.717) is 0 Å². The van der Waals surface area contributed by atoms with E-state index in [0.717, 1.165) is 31.4 Å². The van der Waals surface area contributed by atoms with Gasteiger partial charge in [-0.3, -0.25) is 0 Å². The standard InChI is InChI=1S/C13H17NO3/c14-13(15)17-12-8-6-11(7-9-12)16-10-4-2-1-3-5-10/h1-5,11-12H,6-9H2,(H2,14,15)/t11-,12+. The van der Waals surface area contributed by atoms with Gasteiger partial charge < -0.3 is 15.2 Å². The van der Waals surface area contributed by atoms with Crippen LogP contribution in [0, 0.1) is 0 Å². The number of carbonyl (C=O) groups is 1. The highest BCUT2D eigenvalue weighted by molar-refractivity contribution is 5.64. The number of carbonyl (C=O) groups excluding carboxylic acids is 1. The molecule has 1 fully saturated rings. The average Bonchev–Trinajstić information content (AvgIpc) is 2.32. The molecule has 2 N–H and O–H groups in total. The fraction of sp³-hybridized carbons (Fsp3) is 0.462. The molecular formula is C13H17NO3. The van der Waals surface area contributed by atoms with Crippen molar-refractivity contribution in [3.63, 3.8) is 0 Å². The summed E-state index contributed by atoms with van der Waals surface area (Å²) in [5.74, 6) is 0.895. The average molecular weight is 235 g/mol. The maximum atomic E-state index is 10.6. The van der Waals surface area contributed by atoms with Gasteiger partial charge in [0.2, 0.25) is 0 Å². The third kappa shape index (κ3) is 3.66. The third-order valence-corrected chi connectivity index (χ3v) is 2.95. The van der Waals surface area contributed by atoms with E-state index < -0.39 is 6.09 Å². The molecule has 0 unspecified atom stereocenters. The van der Waals surface area contributed by atoms with Gasteiger partial charge in [0.05, 0.1) is 6.10 Å². The molecule has 1 aromatic rings. The second kappa shape index (κ2) is 5.57. The van der Waals surface area contributed by atoms with Crippen molar-refractivity contribution in [2.24, 2.45) is 5.73 Å². The fourth-order valence-corrected chi connectivity index (χ4v) is 2.12. The van der Waals surface area contributed by atoms with Crippen molar-refractivity contribution < 1.29 is 14.3 Å². The van der Waals surface area contributed by atoms with Gasteiger partial charge in [0.25, 0.3) is 0 Å². The number of amides is 1. The Hall–Kier alpha value is -1.71. The van der Waals surface area contributed by atoms with E-state index in [1.165, 1.54) is 0 Å². The molecule has 1 aliphatic carbocycles. The molecule has 0 spiro atoms. The molecule has 0 radical (unpaired) electrons. The lowest BCUT2D eigenvalue weighted by Crippen LogP contribution is -2.31. The molecule has 2 rings (SSSR count). The molecule has 1 saturated carbocycles. The first-order valence-corrected chi connectivity index (χ1v) is 5.92. The molecule has 1 aromatic carbocycles. The zero-order valence-electron chi connectivity index (χ0n) is 9.67. The molecule has 0 bridgehead atoms. The van der Waals surface area contributed by atoms with Crippen LogP contribution in [0.1, 0.15) is 25.7 Å². The Kier molecular flexibility index (Phi) is 3.85. The van der Waals surface area contributed by atoms with E-state index in [2.05, 4.69) is 0 Å². The largest absolute Gasteiger partial charge is 0.490 e. The number of para-hydroxylation sites is 1. The van der Waals surface area contributed by atoms with E-state index in [9.17, 15) is 4.79 Å². The van der Waals surface area contributed by atoms with E-state index in [1.54, 1.807) is 0 Å². The predicted molar refractivity (Wildman–Crippen MR) is 63.8 cm³/mol. The van der Waals surface area contributed by atoms with Crippen LogP contribution < -0.4 is 10.5 Å². The molecular weight excluding hydrogens is 218 g/mol. The quantitative estimate of drug-likeness (QED) is 0.875. The van der Waals surface area contributed by atoms with Crippen LogP contribution in [0.4, 0.5) is 4.79 Å². The second-order valence-electron chi connectivity index (χ2n) is 4.27. The molecule has 92 valence electrons. The smallest absolute Gasteiger partial charge is 0.404 e. The van der Waals surface area contributed by atoms with E-state index in [4.69, 9.17) is 15.2 Å². The predicted octanol–water partition coefficient (Wildman–Crippen LogP) is 2.47. The summed E-state index contributed by atoms with van der Waals surface area (Å²) >= 11 is 0. The van der Waals surface area contributed by atoms with Gasteiger partial charge in [-0.05, 0) is 37.8 Å². The van der Waals surface area contributed by atoms with Crippen LogP contribution in [0.25, 0.3) is 0 Å². The van der Waals surface area contributed by atoms with Gasteiger partial charge >= 0.3 is 6.09 Å². The van der Waals surface area contributed by atoms with Crippen molar-refractivity contribution in [2.75, 3.05) is 0 Å².